The van der Waals surface area contributed by atoms with Gasteiger partial charge in [0.25, 0.3) is 0 Å². The van der Waals surface area contributed by atoms with E-state index in [2.05, 4.69) is 25.5 Å². The summed E-state index contributed by atoms with van der Waals surface area (Å²) in [4.78, 5) is 18.8. The lowest BCUT2D eigenvalue weighted by molar-refractivity contribution is -0.115. The number of benzene rings is 1. The van der Waals surface area contributed by atoms with E-state index in [-0.39, 0.29) is 5.91 Å². The fourth-order valence-electron chi connectivity index (χ4n) is 1.89. The maximum Gasteiger partial charge on any atom is 0.231 e. The highest BCUT2D eigenvalue weighted by atomic mass is 16.1. The van der Waals surface area contributed by atoms with Crippen LogP contribution < -0.4 is 5.32 Å². The van der Waals surface area contributed by atoms with Gasteiger partial charge in [0.1, 0.15) is 6.33 Å². The summed E-state index contributed by atoms with van der Waals surface area (Å²) < 4.78 is 0. The summed E-state index contributed by atoms with van der Waals surface area (Å²) in [7, 11) is 0. The number of nitrogens with zero attached hydrogens (tertiary/aromatic N) is 2. The van der Waals surface area contributed by atoms with Gasteiger partial charge < -0.3 is 4.98 Å². The van der Waals surface area contributed by atoms with Gasteiger partial charge in [-0.3, -0.25) is 10.1 Å². The monoisotopic (exact) mass is 241 g/mol. The highest BCUT2D eigenvalue weighted by molar-refractivity contribution is 5.94. The van der Waals surface area contributed by atoms with E-state index >= 15 is 0 Å². The van der Waals surface area contributed by atoms with E-state index in [4.69, 9.17) is 0 Å². The Morgan fingerprint density at radius 2 is 2.22 bits per heavy atom. The van der Waals surface area contributed by atoms with E-state index in [9.17, 15) is 4.79 Å². The SMILES string of the molecule is O=C(Cc1c[nH]c2ccccc12)Nc1ncn[nH]1. The molecule has 2 aromatic heterocycles. The van der Waals surface area contributed by atoms with Gasteiger partial charge in [0.15, 0.2) is 0 Å². The van der Waals surface area contributed by atoms with Gasteiger partial charge in [-0.1, -0.05) is 18.2 Å². The molecule has 0 atom stereocenters. The Hall–Kier alpha value is -2.63. The molecule has 0 aliphatic heterocycles. The second-order valence-corrected chi connectivity index (χ2v) is 3.92. The lowest BCUT2D eigenvalue weighted by Crippen LogP contribution is -2.15. The number of nitrogens with one attached hydrogen (secondary N) is 3. The van der Waals surface area contributed by atoms with Crippen molar-refractivity contribution in [2.45, 2.75) is 6.42 Å². The van der Waals surface area contributed by atoms with Crippen LogP contribution in [-0.4, -0.2) is 26.1 Å². The second-order valence-electron chi connectivity index (χ2n) is 3.92. The number of rotatable bonds is 3. The van der Waals surface area contributed by atoms with Gasteiger partial charge >= 0.3 is 0 Å². The molecule has 0 bridgehead atoms. The number of anilines is 1. The van der Waals surface area contributed by atoms with Crippen LogP contribution in [0.4, 0.5) is 5.95 Å². The van der Waals surface area contributed by atoms with Gasteiger partial charge in [0, 0.05) is 17.1 Å². The minimum absolute atomic E-state index is 0.128. The average molecular weight is 241 g/mol. The number of H-pyrrole nitrogens is 2. The first kappa shape index (κ1) is 10.5. The van der Waals surface area contributed by atoms with Crippen molar-refractivity contribution in [1.82, 2.24) is 20.2 Å². The number of para-hydroxylation sites is 1. The molecule has 6 nitrogen and oxygen atoms in total. The Balaban J connectivity index is 1.78. The van der Waals surface area contributed by atoms with Crippen LogP contribution in [0.2, 0.25) is 0 Å². The molecular formula is C12H11N5O. The predicted molar refractivity (Wildman–Crippen MR) is 67.0 cm³/mol. The minimum Gasteiger partial charge on any atom is -0.361 e. The molecule has 0 saturated heterocycles. The molecule has 0 fully saturated rings. The van der Waals surface area contributed by atoms with E-state index < -0.39 is 0 Å². The van der Waals surface area contributed by atoms with Crippen molar-refractivity contribution in [1.29, 1.82) is 0 Å². The number of aromatic amines is 2. The fraction of sp³-hybridized carbons (Fsp3) is 0.0833. The molecule has 90 valence electrons. The van der Waals surface area contributed by atoms with Crippen molar-refractivity contribution in [2.24, 2.45) is 0 Å². The van der Waals surface area contributed by atoms with Crippen LogP contribution in [0.3, 0.4) is 0 Å². The van der Waals surface area contributed by atoms with Crippen LogP contribution in [0.15, 0.2) is 36.8 Å². The van der Waals surface area contributed by atoms with E-state index in [0.717, 1.165) is 16.5 Å². The van der Waals surface area contributed by atoms with Crippen molar-refractivity contribution < 1.29 is 4.79 Å². The van der Waals surface area contributed by atoms with Crippen LogP contribution >= 0.6 is 0 Å². The second kappa shape index (κ2) is 4.33. The third kappa shape index (κ3) is 1.95. The molecule has 0 aliphatic rings. The van der Waals surface area contributed by atoms with Gasteiger partial charge in [0.2, 0.25) is 11.9 Å². The van der Waals surface area contributed by atoms with Crippen LogP contribution in [0, 0.1) is 0 Å². The number of carbonyl (C=O) groups excluding carboxylic acids is 1. The molecule has 1 aromatic carbocycles. The van der Waals surface area contributed by atoms with E-state index in [1.54, 1.807) is 0 Å². The Bertz CT molecular complexity index is 671. The Morgan fingerprint density at radius 1 is 1.33 bits per heavy atom. The maximum atomic E-state index is 11.8. The lowest BCUT2D eigenvalue weighted by atomic mass is 10.1. The molecular weight excluding hydrogens is 230 g/mol. The molecule has 6 heteroatoms. The van der Waals surface area contributed by atoms with Crippen LogP contribution in [0.25, 0.3) is 10.9 Å². The highest BCUT2D eigenvalue weighted by Gasteiger charge is 2.09. The van der Waals surface area contributed by atoms with Gasteiger partial charge in [-0.2, -0.15) is 10.1 Å². The molecule has 0 radical (unpaired) electrons. The fourth-order valence-corrected chi connectivity index (χ4v) is 1.89. The third-order valence-electron chi connectivity index (χ3n) is 2.70. The smallest absolute Gasteiger partial charge is 0.231 e. The molecule has 0 spiro atoms. The number of carbonyl (C=O) groups is 1. The quantitative estimate of drug-likeness (QED) is 0.649. The van der Waals surface area contributed by atoms with Crippen molar-refractivity contribution in [3.63, 3.8) is 0 Å². The molecule has 0 aliphatic carbocycles. The van der Waals surface area contributed by atoms with Crippen molar-refractivity contribution in [3.8, 4) is 0 Å². The number of hydrogen-bond acceptors (Lipinski definition) is 3. The first-order valence-corrected chi connectivity index (χ1v) is 5.53. The number of hydrogen-bond donors (Lipinski definition) is 3. The molecule has 0 saturated carbocycles. The average Bonchev–Trinajstić information content (AvgIpc) is 3.00. The molecule has 1 amide bonds. The van der Waals surface area contributed by atoms with Gasteiger partial charge in [-0.05, 0) is 11.6 Å². The summed E-state index contributed by atoms with van der Waals surface area (Å²) in [5, 5.41) is 9.95. The van der Waals surface area contributed by atoms with Gasteiger partial charge in [-0.25, -0.2) is 5.10 Å². The predicted octanol–water partition coefficient (Wildman–Crippen LogP) is 1.47. The summed E-state index contributed by atoms with van der Waals surface area (Å²) >= 11 is 0. The lowest BCUT2D eigenvalue weighted by Gasteiger charge is -2.00. The number of aromatic nitrogens is 4. The zero-order valence-electron chi connectivity index (χ0n) is 9.47. The zero-order valence-corrected chi connectivity index (χ0v) is 9.47. The summed E-state index contributed by atoms with van der Waals surface area (Å²) in [6.45, 7) is 0. The van der Waals surface area contributed by atoms with Gasteiger partial charge in [-0.15, -0.1) is 0 Å². The minimum atomic E-state index is -0.128. The Morgan fingerprint density at radius 3 is 3.06 bits per heavy atom. The molecule has 3 aromatic rings. The zero-order chi connectivity index (χ0) is 12.4. The molecule has 18 heavy (non-hydrogen) atoms. The maximum absolute atomic E-state index is 11.8. The van der Waals surface area contributed by atoms with Crippen molar-refractivity contribution >= 4 is 22.8 Å². The Kier molecular flexibility index (Phi) is 2.53. The third-order valence-corrected chi connectivity index (χ3v) is 2.70. The van der Waals surface area contributed by atoms with Gasteiger partial charge in [0.05, 0.1) is 6.42 Å². The summed E-state index contributed by atoms with van der Waals surface area (Å²) in [5.41, 5.74) is 1.99. The summed E-state index contributed by atoms with van der Waals surface area (Å²) in [5.74, 6) is 0.233. The first-order valence-electron chi connectivity index (χ1n) is 5.53. The molecule has 3 N–H and O–H groups in total. The first-order chi connectivity index (χ1) is 8.83. The largest absolute Gasteiger partial charge is 0.361 e. The number of amides is 1. The van der Waals surface area contributed by atoms with Crippen LogP contribution in [0.5, 0.6) is 0 Å². The van der Waals surface area contributed by atoms with E-state index in [0.29, 0.717) is 12.4 Å². The molecule has 2 heterocycles. The highest BCUT2D eigenvalue weighted by Crippen LogP contribution is 2.18. The van der Waals surface area contributed by atoms with Crippen molar-refractivity contribution in [3.05, 3.63) is 42.4 Å². The topological polar surface area (TPSA) is 86.5 Å². The summed E-state index contributed by atoms with van der Waals surface area (Å²) in [6.07, 6.45) is 3.50. The van der Waals surface area contributed by atoms with Crippen molar-refractivity contribution in [2.75, 3.05) is 5.32 Å². The molecule has 3 rings (SSSR count). The van der Waals surface area contributed by atoms with Crippen LogP contribution in [0.1, 0.15) is 5.56 Å². The standard InChI is InChI=1S/C12H11N5O/c18-11(16-12-14-7-15-17-12)5-8-6-13-10-4-2-1-3-9(8)10/h1-4,6-7,13H,5H2,(H2,14,15,16,17,18). The van der Waals surface area contributed by atoms with E-state index in [1.807, 2.05) is 30.5 Å². The normalized spacial score (nSPS) is 10.7. The molecule has 0 unspecified atom stereocenters. The van der Waals surface area contributed by atoms with Crippen LogP contribution in [-0.2, 0) is 11.2 Å². The number of fused-ring (bicyclic) bond motifs is 1. The van der Waals surface area contributed by atoms with E-state index in [1.165, 1.54) is 6.33 Å². The summed E-state index contributed by atoms with van der Waals surface area (Å²) in [6, 6.07) is 7.88. The Labute approximate surface area is 102 Å².